The number of rotatable bonds is 7. The highest BCUT2D eigenvalue weighted by atomic mass is 16.4. The Kier molecular flexibility index (Phi) is 5.82. The molecule has 2 N–H and O–H groups in total. The van der Waals surface area contributed by atoms with Crippen LogP contribution in [0.1, 0.15) is 24.1 Å². The molecule has 0 fully saturated rings. The van der Waals surface area contributed by atoms with Crippen LogP contribution in [0.5, 0.6) is 0 Å². The molecule has 0 aromatic heterocycles. The van der Waals surface area contributed by atoms with Crippen LogP contribution in [0.2, 0.25) is 0 Å². The van der Waals surface area contributed by atoms with Crippen molar-refractivity contribution in [2.75, 3.05) is 27.2 Å². The van der Waals surface area contributed by atoms with Crippen LogP contribution in [0, 0.1) is 0 Å². The van der Waals surface area contributed by atoms with Gasteiger partial charge in [0.05, 0.1) is 0 Å². The summed E-state index contributed by atoms with van der Waals surface area (Å²) in [5, 5.41) is 12.3. The van der Waals surface area contributed by atoms with Gasteiger partial charge in [0.1, 0.15) is 6.04 Å². The maximum absolute atomic E-state index is 11.3. The number of carboxylic acids is 1. The van der Waals surface area contributed by atoms with Crippen molar-refractivity contribution in [3.8, 4) is 0 Å². The topological polar surface area (TPSA) is 52.6 Å². The molecule has 1 unspecified atom stereocenters. The van der Waals surface area contributed by atoms with Crippen LogP contribution >= 0.6 is 0 Å². The fourth-order valence-corrected chi connectivity index (χ4v) is 1.73. The molecule has 0 saturated carbocycles. The first-order valence-electron chi connectivity index (χ1n) is 6.24. The molecule has 0 saturated heterocycles. The molecule has 4 nitrogen and oxygen atoms in total. The van der Waals surface area contributed by atoms with Crippen LogP contribution in [0.3, 0.4) is 0 Å². The number of aryl methyl sites for hydroxylation is 1. The minimum Gasteiger partial charge on any atom is -0.480 e. The molecule has 0 bridgehead atoms. The predicted molar refractivity (Wildman–Crippen MR) is 72.8 cm³/mol. The Morgan fingerprint density at radius 2 is 1.94 bits per heavy atom. The maximum Gasteiger partial charge on any atom is 0.325 e. The third-order valence-electron chi connectivity index (χ3n) is 2.88. The van der Waals surface area contributed by atoms with Crippen LogP contribution in [0.4, 0.5) is 0 Å². The number of carboxylic acid groups (broad SMARTS) is 1. The second kappa shape index (κ2) is 7.13. The van der Waals surface area contributed by atoms with Crippen molar-refractivity contribution >= 4 is 5.97 Å². The van der Waals surface area contributed by atoms with Gasteiger partial charge in [-0.05, 0) is 31.6 Å². The number of nitrogens with one attached hydrogen (secondary N) is 1. The predicted octanol–water partition coefficient (Wildman–Crippen LogP) is 1.53. The SMILES string of the molecule is CCc1ccc(C(NCCN(C)C)C(=O)O)cc1. The molecule has 1 aromatic carbocycles. The molecule has 0 aliphatic rings. The van der Waals surface area contributed by atoms with Crippen molar-refractivity contribution < 1.29 is 9.90 Å². The molecule has 0 radical (unpaired) electrons. The summed E-state index contributed by atoms with van der Waals surface area (Å²) in [6, 6.07) is 7.12. The first kappa shape index (κ1) is 14.7. The van der Waals surface area contributed by atoms with Gasteiger partial charge < -0.3 is 10.0 Å². The van der Waals surface area contributed by atoms with E-state index < -0.39 is 12.0 Å². The van der Waals surface area contributed by atoms with E-state index in [1.54, 1.807) is 0 Å². The number of benzene rings is 1. The standard InChI is InChI=1S/C14H22N2O2/c1-4-11-5-7-12(8-6-11)13(14(17)18)15-9-10-16(2)3/h5-8,13,15H,4,9-10H2,1-3H3,(H,17,18). The van der Waals surface area contributed by atoms with Gasteiger partial charge in [0.15, 0.2) is 0 Å². The van der Waals surface area contributed by atoms with E-state index in [9.17, 15) is 9.90 Å². The van der Waals surface area contributed by atoms with Gasteiger partial charge in [0, 0.05) is 13.1 Å². The van der Waals surface area contributed by atoms with Gasteiger partial charge in [-0.25, -0.2) is 0 Å². The fraction of sp³-hybridized carbons (Fsp3) is 0.500. The summed E-state index contributed by atoms with van der Waals surface area (Å²) in [7, 11) is 3.93. The molecule has 0 aliphatic carbocycles. The average Bonchev–Trinajstić information content (AvgIpc) is 2.34. The van der Waals surface area contributed by atoms with E-state index in [4.69, 9.17) is 0 Å². The second-order valence-corrected chi connectivity index (χ2v) is 4.62. The van der Waals surface area contributed by atoms with Crippen LogP contribution in [-0.2, 0) is 11.2 Å². The Labute approximate surface area is 109 Å². The third kappa shape index (κ3) is 4.47. The molecule has 1 atom stereocenters. The van der Waals surface area contributed by atoms with Crippen molar-refractivity contribution in [3.63, 3.8) is 0 Å². The normalized spacial score (nSPS) is 12.7. The molecule has 4 heteroatoms. The number of hydrogen-bond donors (Lipinski definition) is 2. The molecule has 0 spiro atoms. The second-order valence-electron chi connectivity index (χ2n) is 4.62. The Balaban J connectivity index is 2.68. The van der Waals surface area contributed by atoms with Gasteiger partial charge in [-0.15, -0.1) is 0 Å². The number of hydrogen-bond acceptors (Lipinski definition) is 3. The third-order valence-corrected chi connectivity index (χ3v) is 2.88. The van der Waals surface area contributed by atoms with Crippen LogP contribution < -0.4 is 5.32 Å². The van der Waals surface area contributed by atoms with E-state index in [-0.39, 0.29) is 0 Å². The van der Waals surface area contributed by atoms with E-state index in [0.29, 0.717) is 6.54 Å². The Bertz CT molecular complexity index is 374. The van der Waals surface area contributed by atoms with E-state index in [2.05, 4.69) is 12.2 Å². The summed E-state index contributed by atoms with van der Waals surface area (Å²) >= 11 is 0. The van der Waals surface area contributed by atoms with E-state index >= 15 is 0 Å². The largest absolute Gasteiger partial charge is 0.480 e. The number of likely N-dealkylation sites (N-methyl/N-ethyl adjacent to an activating group) is 1. The van der Waals surface area contributed by atoms with E-state index in [0.717, 1.165) is 18.5 Å². The molecular formula is C14H22N2O2. The highest BCUT2D eigenvalue weighted by Gasteiger charge is 2.18. The van der Waals surface area contributed by atoms with E-state index in [1.165, 1.54) is 5.56 Å². The zero-order valence-electron chi connectivity index (χ0n) is 11.3. The number of aliphatic carboxylic acids is 1. The maximum atomic E-state index is 11.3. The van der Waals surface area contributed by atoms with Crippen LogP contribution in [-0.4, -0.2) is 43.2 Å². The molecule has 0 amide bonds. The molecule has 100 valence electrons. The van der Waals surface area contributed by atoms with Gasteiger partial charge in [-0.2, -0.15) is 0 Å². The molecule has 1 rings (SSSR count). The summed E-state index contributed by atoms with van der Waals surface area (Å²) in [5.74, 6) is -0.835. The van der Waals surface area contributed by atoms with Gasteiger partial charge in [-0.3, -0.25) is 10.1 Å². The van der Waals surface area contributed by atoms with Crippen LogP contribution in [0.25, 0.3) is 0 Å². The summed E-state index contributed by atoms with van der Waals surface area (Å²) in [5.41, 5.74) is 2.02. The molecule has 1 aromatic rings. The molecule has 0 heterocycles. The average molecular weight is 250 g/mol. The zero-order valence-corrected chi connectivity index (χ0v) is 11.3. The fourth-order valence-electron chi connectivity index (χ4n) is 1.73. The lowest BCUT2D eigenvalue weighted by Crippen LogP contribution is -2.33. The quantitative estimate of drug-likeness (QED) is 0.770. The minimum absolute atomic E-state index is 0.629. The van der Waals surface area contributed by atoms with Crippen molar-refractivity contribution in [2.45, 2.75) is 19.4 Å². The van der Waals surface area contributed by atoms with Crippen LogP contribution in [0.15, 0.2) is 24.3 Å². The molecule has 18 heavy (non-hydrogen) atoms. The lowest BCUT2D eigenvalue weighted by molar-refractivity contribution is -0.139. The van der Waals surface area contributed by atoms with Crippen molar-refractivity contribution in [1.82, 2.24) is 10.2 Å². The summed E-state index contributed by atoms with van der Waals surface area (Å²) in [6.45, 7) is 3.55. The zero-order chi connectivity index (χ0) is 13.5. The first-order valence-corrected chi connectivity index (χ1v) is 6.24. The van der Waals surface area contributed by atoms with E-state index in [1.807, 2.05) is 43.3 Å². The van der Waals surface area contributed by atoms with Gasteiger partial charge in [0.2, 0.25) is 0 Å². The lowest BCUT2D eigenvalue weighted by atomic mass is 10.0. The Hall–Kier alpha value is -1.39. The smallest absolute Gasteiger partial charge is 0.325 e. The number of carbonyl (C=O) groups is 1. The van der Waals surface area contributed by atoms with Gasteiger partial charge in [-0.1, -0.05) is 31.2 Å². The Morgan fingerprint density at radius 3 is 2.39 bits per heavy atom. The molecular weight excluding hydrogens is 228 g/mol. The molecule has 0 aliphatic heterocycles. The van der Waals surface area contributed by atoms with Gasteiger partial charge >= 0.3 is 5.97 Å². The van der Waals surface area contributed by atoms with Gasteiger partial charge in [0.25, 0.3) is 0 Å². The summed E-state index contributed by atoms with van der Waals surface area (Å²) < 4.78 is 0. The Morgan fingerprint density at radius 1 is 1.33 bits per heavy atom. The minimum atomic E-state index is -0.835. The monoisotopic (exact) mass is 250 g/mol. The highest BCUT2D eigenvalue weighted by molar-refractivity contribution is 5.75. The van der Waals surface area contributed by atoms with Crippen molar-refractivity contribution in [3.05, 3.63) is 35.4 Å². The lowest BCUT2D eigenvalue weighted by Gasteiger charge is -2.17. The summed E-state index contributed by atoms with van der Waals surface area (Å²) in [6.07, 6.45) is 0.964. The summed E-state index contributed by atoms with van der Waals surface area (Å²) in [4.78, 5) is 13.3. The first-order chi connectivity index (χ1) is 8.54. The van der Waals surface area contributed by atoms with Crippen molar-refractivity contribution in [1.29, 1.82) is 0 Å². The van der Waals surface area contributed by atoms with Crippen molar-refractivity contribution in [2.24, 2.45) is 0 Å². The highest BCUT2D eigenvalue weighted by Crippen LogP contribution is 2.14. The number of nitrogens with zero attached hydrogens (tertiary/aromatic N) is 1.